The second-order valence-corrected chi connectivity index (χ2v) is 3.58. The van der Waals surface area contributed by atoms with Crippen LogP contribution in [0.15, 0.2) is 24.3 Å². The summed E-state index contributed by atoms with van der Waals surface area (Å²) in [4.78, 5) is 0. The van der Waals surface area contributed by atoms with Gasteiger partial charge in [-0.3, -0.25) is 0 Å². The summed E-state index contributed by atoms with van der Waals surface area (Å²) in [6.07, 6.45) is -4.19. The van der Waals surface area contributed by atoms with Crippen molar-refractivity contribution in [2.45, 2.75) is 6.18 Å². The molecule has 57 valence electrons. The molecule has 0 nitrogen and oxygen atoms in total. The first-order valence-corrected chi connectivity index (χ1v) is 4.32. The average molecular weight is 264 g/mol. The van der Waals surface area contributed by atoms with Crippen molar-refractivity contribution in [1.82, 2.24) is 0 Å². The molecule has 0 aliphatic heterocycles. The molecule has 0 fully saturated rings. The van der Waals surface area contributed by atoms with Gasteiger partial charge in [0.1, 0.15) is 0 Å². The Hall–Kier alpha value is -0.191. The van der Waals surface area contributed by atoms with E-state index in [1.54, 1.807) is 6.07 Å². The quantitative estimate of drug-likeness (QED) is 0.623. The number of rotatable bonds is 0. The normalized spacial score (nSPS) is 11.6. The van der Waals surface area contributed by atoms with Crippen molar-refractivity contribution >= 4 is 26.1 Å². The first kappa shape index (κ1) is 8.90. The average Bonchev–Trinajstić information content (AvgIpc) is 1.86. The minimum atomic E-state index is -4.19. The molecule has 0 amide bonds. The fourth-order valence-electron chi connectivity index (χ4n) is 0.730. The van der Waals surface area contributed by atoms with Crippen LogP contribution in [0.25, 0.3) is 0 Å². The predicted molar refractivity (Wildman–Crippen MR) is 36.8 cm³/mol. The third kappa shape index (κ3) is 2.12. The van der Waals surface area contributed by atoms with Gasteiger partial charge in [-0.1, -0.05) is 0 Å². The third-order valence-electron chi connectivity index (χ3n) is 1.23. The van der Waals surface area contributed by atoms with Crippen LogP contribution in [0, 0.1) is 0 Å². The Labute approximate surface area is 75.5 Å². The molecule has 0 saturated heterocycles. The molecule has 1 aromatic carbocycles. The van der Waals surface area contributed by atoms with E-state index in [0.29, 0.717) is 3.58 Å². The van der Waals surface area contributed by atoms with Crippen LogP contribution in [0.5, 0.6) is 0 Å². The van der Waals surface area contributed by atoms with E-state index in [0.717, 1.165) is 28.6 Å². The van der Waals surface area contributed by atoms with Crippen LogP contribution < -0.4 is 3.58 Å². The Kier molecular flexibility index (Phi) is 2.46. The predicted octanol–water partition coefficient (Wildman–Crippen LogP) is 1.50. The summed E-state index contributed by atoms with van der Waals surface area (Å²) in [6, 6.07) is 5.60. The zero-order chi connectivity index (χ0) is 8.48. The van der Waals surface area contributed by atoms with Gasteiger partial charge >= 0.3 is 75.3 Å². The topological polar surface area (TPSA) is 0 Å². The van der Waals surface area contributed by atoms with Crippen molar-refractivity contribution in [3.05, 3.63) is 29.8 Å². The van der Waals surface area contributed by atoms with Crippen LogP contribution in [-0.4, -0.2) is 22.5 Å². The van der Waals surface area contributed by atoms with E-state index < -0.39 is 11.7 Å². The third-order valence-corrected chi connectivity index (χ3v) is 2.48. The molecule has 1 aromatic rings. The van der Waals surface area contributed by atoms with Gasteiger partial charge in [-0.05, 0) is 0 Å². The standard InChI is InChI=1S/C7H4F3.Sn/c8-7(9,10)6-4-2-1-3-5-6;/h1-4H;. The maximum absolute atomic E-state index is 12.1. The number of alkyl halides is 3. The molecule has 0 aliphatic carbocycles. The van der Waals surface area contributed by atoms with Crippen molar-refractivity contribution in [2.75, 3.05) is 0 Å². The number of hydrogen-bond donors (Lipinski definition) is 0. The van der Waals surface area contributed by atoms with Gasteiger partial charge in [0.25, 0.3) is 0 Å². The molecule has 0 aromatic heterocycles. The van der Waals surface area contributed by atoms with Gasteiger partial charge in [-0.25, -0.2) is 0 Å². The van der Waals surface area contributed by atoms with E-state index in [4.69, 9.17) is 0 Å². The van der Waals surface area contributed by atoms with Crippen LogP contribution in [-0.2, 0) is 6.18 Å². The van der Waals surface area contributed by atoms with Gasteiger partial charge < -0.3 is 0 Å². The Bertz CT molecular complexity index is 254. The van der Waals surface area contributed by atoms with Crippen molar-refractivity contribution in [2.24, 2.45) is 0 Å². The summed E-state index contributed by atoms with van der Waals surface area (Å²) in [5, 5.41) is 0. The van der Waals surface area contributed by atoms with Crippen molar-refractivity contribution in [1.29, 1.82) is 0 Å². The summed E-state index contributed by atoms with van der Waals surface area (Å²) in [5.41, 5.74) is -0.516. The van der Waals surface area contributed by atoms with Gasteiger partial charge in [0.2, 0.25) is 0 Å². The van der Waals surface area contributed by atoms with E-state index in [2.05, 4.69) is 0 Å². The van der Waals surface area contributed by atoms with Crippen LogP contribution in [0.3, 0.4) is 0 Å². The maximum atomic E-state index is 12.1. The van der Waals surface area contributed by atoms with Crippen LogP contribution >= 0.6 is 0 Å². The summed E-state index contributed by atoms with van der Waals surface area (Å²) in [5.74, 6) is 0. The summed E-state index contributed by atoms with van der Waals surface area (Å²) in [7, 11) is 0. The first-order valence-electron chi connectivity index (χ1n) is 2.89. The second-order valence-electron chi connectivity index (χ2n) is 2.04. The fraction of sp³-hybridized carbons (Fsp3) is 0.143. The monoisotopic (exact) mass is 265 g/mol. The van der Waals surface area contributed by atoms with E-state index in [1.807, 2.05) is 0 Å². The van der Waals surface area contributed by atoms with E-state index in [9.17, 15) is 13.2 Å². The Morgan fingerprint density at radius 2 is 1.64 bits per heavy atom. The zero-order valence-electron chi connectivity index (χ0n) is 5.44. The molecule has 0 bridgehead atoms. The molecule has 3 radical (unpaired) electrons. The van der Waals surface area contributed by atoms with Gasteiger partial charge in [0.15, 0.2) is 0 Å². The zero-order valence-corrected chi connectivity index (χ0v) is 8.30. The molecule has 1 rings (SSSR count). The SMILES string of the molecule is FC(F)(F)c1cccc[c]1[Sn]. The Morgan fingerprint density at radius 1 is 1.09 bits per heavy atom. The number of hydrogen-bond acceptors (Lipinski definition) is 0. The molecule has 0 heterocycles. The minimum absolute atomic E-state index is 0.354. The molecule has 0 aliphatic rings. The molecule has 4 heteroatoms. The summed E-state index contributed by atoms with van der Waals surface area (Å²) < 4.78 is 36.5. The molecular formula is C7H4F3Sn. The molecule has 0 spiro atoms. The fourth-order valence-corrected chi connectivity index (χ4v) is 1.65. The molecule has 0 atom stereocenters. The van der Waals surface area contributed by atoms with E-state index >= 15 is 0 Å². The van der Waals surface area contributed by atoms with Gasteiger partial charge in [0, 0.05) is 0 Å². The van der Waals surface area contributed by atoms with Gasteiger partial charge in [-0.15, -0.1) is 0 Å². The first-order chi connectivity index (χ1) is 5.02. The van der Waals surface area contributed by atoms with Gasteiger partial charge in [0.05, 0.1) is 0 Å². The van der Waals surface area contributed by atoms with Crippen molar-refractivity contribution in [3.63, 3.8) is 0 Å². The van der Waals surface area contributed by atoms with Gasteiger partial charge in [-0.2, -0.15) is 0 Å². The second kappa shape index (κ2) is 3.05. The van der Waals surface area contributed by atoms with Crippen LogP contribution in [0.4, 0.5) is 13.2 Å². The van der Waals surface area contributed by atoms with Crippen molar-refractivity contribution in [3.8, 4) is 0 Å². The van der Waals surface area contributed by atoms with Crippen LogP contribution in [0.2, 0.25) is 0 Å². The Morgan fingerprint density at radius 3 is 2.00 bits per heavy atom. The number of halogens is 3. The summed E-state index contributed by atoms with van der Waals surface area (Å²) in [6.45, 7) is 0. The van der Waals surface area contributed by atoms with E-state index in [1.165, 1.54) is 12.1 Å². The molecule has 0 unspecified atom stereocenters. The molecule has 0 saturated carbocycles. The van der Waals surface area contributed by atoms with Crippen molar-refractivity contribution < 1.29 is 13.2 Å². The molecule has 0 N–H and O–H groups in total. The molecule has 11 heavy (non-hydrogen) atoms. The Balaban J connectivity index is 3.14. The summed E-state index contributed by atoms with van der Waals surface area (Å²) >= 11 is 0.792. The number of benzene rings is 1. The van der Waals surface area contributed by atoms with E-state index in [-0.39, 0.29) is 0 Å². The molecular weight excluding hydrogens is 260 g/mol. The van der Waals surface area contributed by atoms with Crippen LogP contribution in [0.1, 0.15) is 5.56 Å².